The van der Waals surface area contributed by atoms with Crippen LogP contribution in [0.5, 0.6) is 0 Å². The van der Waals surface area contributed by atoms with Gasteiger partial charge in [-0.15, -0.1) is 0 Å². The van der Waals surface area contributed by atoms with Gasteiger partial charge in [0.05, 0.1) is 22.5 Å². The molecule has 0 radical (unpaired) electrons. The molecule has 8 nitrogen and oxygen atoms in total. The Bertz CT molecular complexity index is 1400. The molecule has 1 saturated heterocycles. The molecule has 0 spiro atoms. The second-order valence-electron chi connectivity index (χ2n) is 13.0. The van der Waals surface area contributed by atoms with Crippen LogP contribution in [-0.4, -0.2) is 69.3 Å². The van der Waals surface area contributed by atoms with Crippen molar-refractivity contribution in [2.45, 2.75) is 97.7 Å². The summed E-state index contributed by atoms with van der Waals surface area (Å²) < 4.78 is 88.9. The van der Waals surface area contributed by atoms with Crippen molar-refractivity contribution in [3.63, 3.8) is 0 Å². The molecule has 0 N–H and O–H groups in total. The van der Waals surface area contributed by atoms with Crippen molar-refractivity contribution in [1.82, 2.24) is 19.8 Å². The first-order valence-electron chi connectivity index (χ1n) is 14.9. The van der Waals surface area contributed by atoms with Gasteiger partial charge in [-0.25, -0.2) is 9.59 Å². The van der Waals surface area contributed by atoms with E-state index in [-0.39, 0.29) is 32.7 Å². The highest BCUT2D eigenvalue weighted by Gasteiger charge is 2.38. The third-order valence-corrected chi connectivity index (χ3v) is 6.96. The molecule has 0 saturated carbocycles. The topological polar surface area (TPSA) is 84.9 Å². The molecule has 0 aliphatic carbocycles. The van der Waals surface area contributed by atoms with Gasteiger partial charge in [0.25, 0.3) is 0 Å². The zero-order chi connectivity index (χ0) is 34.5. The second kappa shape index (κ2) is 15.4. The van der Waals surface area contributed by atoms with E-state index in [1.54, 1.807) is 47.6 Å². The zero-order valence-electron chi connectivity index (χ0n) is 26.8. The fourth-order valence-electron chi connectivity index (χ4n) is 4.91. The van der Waals surface area contributed by atoms with Crippen LogP contribution in [0.1, 0.15) is 98.1 Å². The lowest BCUT2D eigenvalue weighted by molar-refractivity contribution is -0.139. The molecule has 4 heterocycles. The van der Waals surface area contributed by atoms with Gasteiger partial charge in [-0.3, -0.25) is 9.97 Å². The summed E-state index contributed by atoms with van der Waals surface area (Å²) in [5, 5.41) is 0. The molecular formula is C33H46F6N4O4. The van der Waals surface area contributed by atoms with Crippen LogP contribution < -0.4 is 0 Å². The highest BCUT2D eigenvalue weighted by molar-refractivity contribution is 5.72. The molecule has 0 unspecified atom stereocenters. The molecule has 264 valence electrons. The number of hydrogen-bond donors (Lipinski definition) is 0. The summed E-state index contributed by atoms with van der Waals surface area (Å²) in [5.74, 6) is -0.300. The summed E-state index contributed by atoms with van der Waals surface area (Å²) >= 11 is 0. The molecule has 0 atom stereocenters. The number of nitrogens with zero attached hydrogens (tertiary/aromatic N) is 4. The van der Waals surface area contributed by atoms with Crippen molar-refractivity contribution in [2.75, 3.05) is 26.2 Å². The average molecular weight is 677 g/mol. The van der Waals surface area contributed by atoms with Crippen molar-refractivity contribution < 1.29 is 46.8 Å². The van der Waals surface area contributed by atoms with Gasteiger partial charge in [-0.1, -0.05) is 13.5 Å². The summed E-state index contributed by atoms with van der Waals surface area (Å²) in [6.07, 6.45) is -4.24. The van der Waals surface area contributed by atoms with E-state index in [0.717, 1.165) is 12.1 Å². The van der Waals surface area contributed by atoms with E-state index >= 15 is 0 Å². The predicted octanol–water partition coefficient (Wildman–Crippen LogP) is 9.22. The van der Waals surface area contributed by atoms with Gasteiger partial charge >= 0.3 is 24.5 Å². The number of carbonyl (C=O) groups excluding carboxylic acids is 2. The molecule has 0 bridgehead atoms. The highest BCUT2D eigenvalue weighted by Crippen LogP contribution is 2.38. The molecule has 2 aliphatic heterocycles. The number of likely N-dealkylation sites (tertiary alicyclic amines) is 1. The van der Waals surface area contributed by atoms with Gasteiger partial charge in [0.15, 0.2) is 0 Å². The number of pyridine rings is 2. The van der Waals surface area contributed by atoms with Crippen molar-refractivity contribution >= 4 is 17.8 Å². The summed E-state index contributed by atoms with van der Waals surface area (Å²) in [4.78, 5) is 34.8. The van der Waals surface area contributed by atoms with Gasteiger partial charge in [-0.2, -0.15) is 26.3 Å². The molecule has 2 amide bonds. The Morgan fingerprint density at radius 3 is 1.72 bits per heavy atom. The number of piperidine rings is 1. The minimum Gasteiger partial charge on any atom is -0.444 e. The van der Waals surface area contributed by atoms with Crippen molar-refractivity contribution in [3.05, 3.63) is 65.2 Å². The molecular weight excluding hydrogens is 630 g/mol. The number of aromatic nitrogens is 2. The van der Waals surface area contributed by atoms with E-state index in [1.807, 2.05) is 0 Å². The fourth-order valence-corrected chi connectivity index (χ4v) is 4.91. The number of rotatable bonds is 2. The summed E-state index contributed by atoms with van der Waals surface area (Å²) in [7, 11) is 0. The monoisotopic (exact) mass is 676 g/mol. The molecule has 47 heavy (non-hydrogen) atoms. The van der Waals surface area contributed by atoms with Gasteiger partial charge in [0.2, 0.25) is 0 Å². The van der Waals surface area contributed by atoms with E-state index in [0.29, 0.717) is 44.5 Å². The first-order chi connectivity index (χ1) is 21.2. The quantitative estimate of drug-likeness (QED) is 0.295. The van der Waals surface area contributed by atoms with Crippen LogP contribution in [0.3, 0.4) is 0 Å². The molecule has 4 rings (SSSR count). The van der Waals surface area contributed by atoms with Crippen LogP contribution >= 0.6 is 0 Å². The van der Waals surface area contributed by atoms with Crippen molar-refractivity contribution in [1.29, 1.82) is 0 Å². The molecule has 1 fully saturated rings. The molecule has 0 aromatic carbocycles. The summed E-state index contributed by atoms with van der Waals surface area (Å²) in [6, 6.07) is 4.64. The van der Waals surface area contributed by atoms with Gasteiger partial charge in [0, 0.05) is 45.9 Å². The fraction of sp³-hybridized carbons (Fsp3) is 0.576. The second-order valence-corrected chi connectivity index (χ2v) is 13.0. The standard InChI is InChI=1S/C16H21F3N2O2.C16H19F3N2O2.CH4.H2/c2*1-15(2,3)23-14(22)21-9-6-11(7-10-21)13-12(16(17,18)19)5-4-8-20-13;;/h4-5,8,11H,6-7,9-10H2,1-3H3;4-6,8H,7,9-10H2,1-3H3;1H4;1H. The first kappa shape index (κ1) is 39.3. The lowest BCUT2D eigenvalue weighted by Gasteiger charge is -2.33. The van der Waals surface area contributed by atoms with E-state index in [9.17, 15) is 35.9 Å². The normalized spacial score (nSPS) is 16.3. The third kappa shape index (κ3) is 11.7. The number of amides is 2. The predicted molar refractivity (Wildman–Crippen MR) is 168 cm³/mol. The summed E-state index contributed by atoms with van der Waals surface area (Å²) in [6.45, 7) is 11.9. The Labute approximate surface area is 273 Å². The van der Waals surface area contributed by atoms with E-state index in [2.05, 4.69) is 9.97 Å². The average Bonchev–Trinajstić information content (AvgIpc) is 2.95. The third-order valence-electron chi connectivity index (χ3n) is 6.96. The van der Waals surface area contributed by atoms with E-state index in [1.165, 1.54) is 34.3 Å². The smallest absolute Gasteiger partial charge is 0.418 e. The number of hydrogen-bond acceptors (Lipinski definition) is 6. The Kier molecular flexibility index (Phi) is 12.9. The maximum absolute atomic E-state index is 13.1. The van der Waals surface area contributed by atoms with Gasteiger partial charge in [0.1, 0.15) is 11.2 Å². The Balaban J connectivity index is 0.000000461. The maximum atomic E-state index is 13.1. The van der Waals surface area contributed by atoms with Crippen LogP contribution in [0.15, 0.2) is 42.7 Å². The number of alkyl halides is 6. The number of carbonyl (C=O) groups is 2. The van der Waals surface area contributed by atoms with Crippen LogP contribution in [0.2, 0.25) is 0 Å². The van der Waals surface area contributed by atoms with Crippen LogP contribution in [0.4, 0.5) is 35.9 Å². The molecule has 2 aromatic rings. The minimum absolute atomic E-state index is 0. The number of ether oxygens (including phenoxy) is 2. The lowest BCUT2D eigenvalue weighted by Crippen LogP contribution is -2.41. The van der Waals surface area contributed by atoms with Crippen molar-refractivity contribution in [3.8, 4) is 0 Å². The maximum Gasteiger partial charge on any atom is 0.418 e. The van der Waals surface area contributed by atoms with Gasteiger partial charge in [-0.05, 0) is 90.6 Å². The van der Waals surface area contributed by atoms with E-state index < -0.39 is 46.9 Å². The minimum atomic E-state index is -4.45. The number of halogens is 6. The van der Waals surface area contributed by atoms with Crippen LogP contribution in [0, 0.1) is 0 Å². The largest absolute Gasteiger partial charge is 0.444 e. The van der Waals surface area contributed by atoms with Crippen LogP contribution in [0.25, 0.3) is 5.57 Å². The van der Waals surface area contributed by atoms with Crippen molar-refractivity contribution in [2.24, 2.45) is 0 Å². The first-order valence-corrected chi connectivity index (χ1v) is 14.9. The van der Waals surface area contributed by atoms with Crippen LogP contribution in [-0.2, 0) is 21.8 Å². The Morgan fingerprint density at radius 1 is 0.766 bits per heavy atom. The highest BCUT2D eigenvalue weighted by atomic mass is 19.4. The Hall–Kier alpha value is -3.84. The SMILES string of the molecule is C.CC(C)(C)OC(=O)N1CC=C(c2ncccc2C(F)(F)F)CC1.CC(C)(C)OC(=O)N1CCC(c2ncccc2C(F)(F)F)CC1.[HH]. The molecule has 2 aromatic heterocycles. The van der Waals surface area contributed by atoms with Gasteiger partial charge < -0.3 is 19.3 Å². The Morgan fingerprint density at radius 2 is 1.26 bits per heavy atom. The van der Waals surface area contributed by atoms with E-state index in [4.69, 9.17) is 9.47 Å². The lowest BCUT2D eigenvalue weighted by atomic mass is 9.90. The zero-order valence-corrected chi connectivity index (χ0v) is 26.8. The summed E-state index contributed by atoms with van der Waals surface area (Å²) in [5.41, 5.74) is -2.12. The molecule has 2 aliphatic rings. The molecule has 14 heteroatoms.